The van der Waals surface area contributed by atoms with Crippen LogP contribution in [0.4, 0.5) is 30.6 Å². The summed E-state index contributed by atoms with van der Waals surface area (Å²) >= 11 is 0. The van der Waals surface area contributed by atoms with E-state index in [2.05, 4.69) is 30.5 Å². The Labute approximate surface area is 115 Å². The average Bonchev–Trinajstić information content (AvgIpc) is 2.86. The molecule has 0 atom stereocenters. The lowest BCUT2D eigenvalue weighted by atomic mass is 10.3. The third-order valence-electron chi connectivity index (χ3n) is 2.64. The molecule has 3 heterocycles. The van der Waals surface area contributed by atoms with Crippen LogP contribution in [-0.4, -0.2) is 25.1 Å². The van der Waals surface area contributed by atoms with E-state index in [-0.39, 0.29) is 5.95 Å². The second-order valence-electron chi connectivity index (χ2n) is 4.12. The van der Waals surface area contributed by atoms with Crippen LogP contribution in [0.3, 0.4) is 0 Å². The zero-order valence-electron chi connectivity index (χ0n) is 10.3. The molecule has 3 rings (SSSR count). The number of fused-ring (bicyclic) bond motifs is 1. The van der Waals surface area contributed by atoms with Crippen molar-refractivity contribution in [2.24, 2.45) is 0 Å². The second-order valence-corrected chi connectivity index (χ2v) is 4.12. The molecule has 0 saturated carbocycles. The van der Waals surface area contributed by atoms with E-state index in [1.165, 1.54) is 12.3 Å². The number of pyridine rings is 1. The highest BCUT2D eigenvalue weighted by molar-refractivity contribution is 5.88. The molecule has 0 fully saturated rings. The lowest BCUT2D eigenvalue weighted by Crippen LogP contribution is -2.08. The van der Waals surface area contributed by atoms with Gasteiger partial charge in [-0.05, 0) is 12.1 Å². The van der Waals surface area contributed by atoms with Gasteiger partial charge in [-0.25, -0.2) is 4.98 Å². The van der Waals surface area contributed by atoms with Crippen LogP contribution in [0, 0.1) is 0 Å². The van der Waals surface area contributed by atoms with Crippen molar-refractivity contribution in [3.05, 3.63) is 30.2 Å². The van der Waals surface area contributed by atoms with Crippen LogP contribution in [0.1, 0.15) is 5.69 Å². The third-order valence-corrected chi connectivity index (χ3v) is 2.64. The molecule has 7 nitrogen and oxygen atoms in total. The number of rotatable bonds is 2. The number of aromatic amines is 1. The first-order chi connectivity index (χ1) is 9.93. The Morgan fingerprint density at radius 2 is 1.95 bits per heavy atom. The largest absolute Gasteiger partial charge is 0.433 e. The number of halogens is 3. The van der Waals surface area contributed by atoms with Crippen molar-refractivity contribution in [3.8, 4) is 0 Å². The Balaban J connectivity index is 1.93. The lowest BCUT2D eigenvalue weighted by Gasteiger charge is -2.09. The van der Waals surface area contributed by atoms with Crippen LogP contribution in [0.2, 0.25) is 0 Å². The van der Waals surface area contributed by atoms with Gasteiger partial charge in [0.1, 0.15) is 11.5 Å². The van der Waals surface area contributed by atoms with Gasteiger partial charge in [0.05, 0.1) is 23.5 Å². The molecule has 0 bridgehead atoms. The van der Waals surface area contributed by atoms with E-state index < -0.39 is 11.9 Å². The Bertz CT molecular complexity index is 779. The van der Waals surface area contributed by atoms with Crippen molar-refractivity contribution in [1.29, 1.82) is 0 Å². The molecule has 4 N–H and O–H groups in total. The maximum atomic E-state index is 12.4. The Hall–Kier alpha value is -2.91. The van der Waals surface area contributed by atoms with Gasteiger partial charge in [-0.1, -0.05) is 0 Å². The monoisotopic (exact) mass is 295 g/mol. The van der Waals surface area contributed by atoms with Gasteiger partial charge >= 0.3 is 6.18 Å². The molecule has 21 heavy (non-hydrogen) atoms. The van der Waals surface area contributed by atoms with Crippen molar-refractivity contribution >= 4 is 28.5 Å². The summed E-state index contributed by atoms with van der Waals surface area (Å²) in [5, 5.41) is 9.82. The minimum absolute atomic E-state index is 0.00845. The van der Waals surface area contributed by atoms with E-state index in [1.807, 2.05) is 0 Å². The fraction of sp³-hybridized carbons (Fsp3) is 0.0909. The molecule has 0 aliphatic heterocycles. The maximum Gasteiger partial charge on any atom is 0.433 e. The van der Waals surface area contributed by atoms with Crippen LogP contribution in [0.5, 0.6) is 0 Å². The van der Waals surface area contributed by atoms with Gasteiger partial charge in [-0.3, -0.25) is 5.10 Å². The van der Waals surface area contributed by atoms with Gasteiger partial charge in [0.2, 0.25) is 5.95 Å². The molecule has 108 valence electrons. The number of anilines is 3. The maximum absolute atomic E-state index is 12.4. The minimum atomic E-state index is -4.48. The standard InChI is InChI=1S/C11H8F3N7/c12-11(13,14)7-2-1-5(3-16-7)18-8-6-4-17-21-9(6)20-10(15)19-8/h1-4H,(H4,15,17,18,19,20,21). The van der Waals surface area contributed by atoms with Crippen molar-refractivity contribution in [3.63, 3.8) is 0 Å². The number of aromatic nitrogens is 5. The van der Waals surface area contributed by atoms with Crippen molar-refractivity contribution in [2.45, 2.75) is 6.18 Å². The summed E-state index contributed by atoms with van der Waals surface area (Å²) in [5.74, 6) is 0.335. The van der Waals surface area contributed by atoms with Crippen LogP contribution >= 0.6 is 0 Å². The smallest absolute Gasteiger partial charge is 0.368 e. The summed E-state index contributed by atoms with van der Waals surface area (Å²) < 4.78 is 37.3. The first-order valence-electron chi connectivity index (χ1n) is 5.70. The highest BCUT2D eigenvalue weighted by Gasteiger charge is 2.32. The van der Waals surface area contributed by atoms with E-state index in [0.29, 0.717) is 22.5 Å². The first-order valence-corrected chi connectivity index (χ1v) is 5.70. The normalized spacial score (nSPS) is 11.8. The predicted octanol–water partition coefficient (Wildman–Crippen LogP) is 2.09. The van der Waals surface area contributed by atoms with Gasteiger partial charge in [0, 0.05) is 0 Å². The molecule has 0 radical (unpaired) electrons. The first kappa shape index (κ1) is 13.1. The number of nitrogens with one attached hydrogen (secondary N) is 2. The molecule has 3 aromatic heterocycles. The van der Waals surface area contributed by atoms with Gasteiger partial charge in [0.25, 0.3) is 0 Å². The van der Waals surface area contributed by atoms with Crippen LogP contribution in [0.15, 0.2) is 24.5 Å². The molecule has 0 spiro atoms. The fourth-order valence-corrected chi connectivity index (χ4v) is 1.72. The molecule has 0 unspecified atom stereocenters. The zero-order valence-corrected chi connectivity index (χ0v) is 10.3. The summed E-state index contributed by atoms with van der Waals surface area (Å²) in [6, 6.07) is 2.12. The Morgan fingerprint density at radius 1 is 1.14 bits per heavy atom. The quantitative estimate of drug-likeness (QED) is 0.668. The predicted molar refractivity (Wildman–Crippen MR) is 68.6 cm³/mol. The van der Waals surface area contributed by atoms with Crippen LogP contribution in [-0.2, 0) is 6.18 Å². The molecule has 0 aliphatic carbocycles. The third kappa shape index (κ3) is 2.55. The second kappa shape index (κ2) is 4.58. The summed E-state index contributed by atoms with van der Waals surface area (Å²) in [5.41, 5.74) is 5.33. The van der Waals surface area contributed by atoms with Gasteiger partial charge in [-0.15, -0.1) is 0 Å². The summed E-state index contributed by atoms with van der Waals surface area (Å²) in [7, 11) is 0. The van der Waals surface area contributed by atoms with E-state index in [4.69, 9.17) is 5.73 Å². The van der Waals surface area contributed by atoms with Crippen molar-refractivity contribution in [2.75, 3.05) is 11.1 Å². The molecular weight excluding hydrogens is 287 g/mol. The van der Waals surface area contributed by atoms with Crippen LogP contribution < -0.4 is 11.1 Å². The average molecular weight is 295 g/mol. The number of nitrogens with two attached hydrogens (primary N) is 1. The minimum Gasteiger partial charge on any atom is -0.368 e. The van der Waals surface area contributed by atoms with Gasteiger partial charge in [-0.2, -0.15) is 28.2 Å². The van der Waals surface area contributed by atoms with Crippen molar-refractivity contribution in [1.82, 2.24) is 25.1 Å². The van der Waals surface area contributed by atoms with E-state index >= 15 is 0 Å². The molecular formula is C11H8F3N7. The number of hydrogen-bond donors (Lipinski definition) is 3. The molecule has 3 aromatic rings. The molecule has 0 aliphatic rings. The van der Waals surface area contributed by atoms with Crippen LogP contribution in [0.25, 0.3) is 11.0 Å². The summed E-state index contributed by atoms with van der Waals surface area (Å²) in [6.07, 6.45) is -1.93. The Kier molecular flexibility index (Phi) is 2.85. The summed E-state index contributed by atoms with van der Waals surface area (Å²) in [4.78, 5) is 11.3. The van der Waals surface area contributed by atoms with Crippen molar-refractivity contribution < 1.29 is 13.2 Å². The number of nitrogens with zero attached hydrogens (tertiary/aromatic N) is 4. The summed E-state index contributed by atoms with van der Waals surface area (Å²) in [6.45, 7) is 0. The topological polar surface area (TPSA) is 105 Å². The molecule has 0 saturated heterocycles. The number of H-pyrrole nitrogens is 1. The van der Waals surface area contributed by atoms with Gasteiger partial charge < -0.3 is 11.1 Å². The molecule has 0 amide bonds. The molecule has 10 heteroatoms. The fourth-order valence-electron chi connectivity index (χ4n) is 1.72. The lowest BCUT2D eigenvalue weighted by molar-refractivity contribution is -0.141. The number of alkyl halides is 3. The molecule has 0 aromatic carbocycles. The van der Waals surface area contributed by atoms with E-state index in [1.54, 1.807) is 0 Å². The number of hydrogen-bond acceptors (Lipinski definition) is 6. The highest BCUT2D eigenvalue weighted by Crippen LogP contribution is 2.29. The number of nitrogen functional groups attached to an aromatic ring is 1. The van der Waals surface area contributed by atoms with E-state index in [0.717, 1.165) is 12.3 Å². The van der Waals surface area contributed by atoms with Gasteiger partial charge in [0.15, 0.2) is 5.65 Å². The highest BCUT2D eigenvalue weighted by atomic mass is 19.4. The zero-order chi connectivity index (χ0) is 15.0. The Morgan fingerprint density at radius 3 is 2.62 bits per heavy atom. The SMILES string of the molecule is Nc1nc(Nc2ccc(C(F)(F)F)nc2)c2cn[nH]c2n1. The van der Waals surface area contributed by atoms with E-state index in [9.17, 15) is 13.2 Å².